The van der Waals surface area contributed by atoms with Crippen LogP contribution >= 0.6 is 0 Å². The van der Waals surface area contributed by atoms with E-state index in [1.807, 2.05) is 17.9 Å². The molecular formula is C11H16N2O4. The molecule has 1 aliphatic rings. The number of likely N-dealkylation sites (tertiary alicyclic amines) is 1. The van der Waals surface area contributed by atoms with Gasteiger partial charge in [-0.3, -0.25) is 9.69 Å². The third-order valence-electron chi connectivity index (χ3n) is 2.90. The SMILES string of the molecule is COC(=O)[C@H]1C[C@H](O)CN1Cc1cc(C)on1. The summed E-state index contributed by atoms with van der Waals surface area (Å²) < 4.78 is 9.69. The third kappa shape index (κ3) is 2.65. The lowest BCUT2D eigenvalue weighted by Crippen LogP contribution is -2.36. The molecule has 2 rings (SSSR count). The monoisotopic (exact) mass is 240 g/mol. The minimum Gasteiger partial charge on any atom is -0.468 e. The van der Waals surface area contributed by atoms with Crippen LogP contribution < -0.4 is 0 Å². The first-order valence-corrected chi connectivity index (χ1v) is 5.52. The lowest BCUT2D eigenvalue weighted by molar-refractivity contribution is -0.146. The van der Waals surface area contributed by atoms with E-state index in [4.69, 9.17) is 9.26 Å². The van der Waals surface area contributed by atoms with Gasteiger partial charge in [0.15, 0.2) is 0 Å². The molecule has 0 aromatic carbocycles. The average molecular weight is 240 g/mol. The topological polar surface area (TPSA) is 75.8 Å². The Labute approximate surface area is 99.1 Å². The van der Waals surface area contributed by atoms with Crippen molar-refractivity contribution >= 4 is 5.97 Å². The zero-order chi connectivity index (χ0) is 12.4. The fourth-order valence-electron chi connectivity index (χ4n) is 2.14. The number of esters is 1. The van der Waals surface area contributed by atoms with E-state index in [0.29, 0.717) is 19.5 Å². The number of nitrogens with zero attached hydrogens (tertiary/aromatic N) is 2. The van der Waals surface area contributed by atoms with E-state index in [9.17, 15) is 9.90 Å². The van der Waals surface area contributed by atoms with Gasteiger partial charge in [-0.2, -0.15) is 0 Å². The van der Waals surface area contributed by atoms with Gasteiger partial charge >= 0.3 is 5.97 Å². The molecule has 1 aromatic rings. The summed E-state index contributed by atoms with van der Waals surface area (Å²) in [5, 5.41) is 13.5. The largest absolute Gasteiger partial charge is 0.468 e. The normalized spacial score (nSPS) is 25.1. The number of aliphatic hydroxyl groups excluding tert-OH is 1. The summed E-state index contributed by atoms with van der Waals surface area (Å²) in [6, 6.07) is 1.42. The van der Waals surface area contributed by atoms with E-state index in [-0.39, 0.29) is 5.97 Å². The van der Waals surface area contributed by atoms with Crippen molar-refractivity contribution in [1.82, 2.24) is 10.1 Å². The molecule has 17 heavy (non-hydrogen) atoms. The smallest absolute Gasteiger partial charge is 0.323 e. The molecule has 2 heterocycles. The van der Waals surface area contributed by atoms with E-state index in [1.165, 1.54) is 7.11 Å². The number of aryl methyl sites for hydroxylation is 1. The number of ether oxygens (including phenoxy) is 1. The second-order valence-electron chi connectivity index (χ2n) is 4.29. The molecule has 1 aliphatic heterocycles. The minimum absolute atomic E-state index is 0.318. The highest BCUT2D eigenvalue weighted by atomic mass is 16.5. The van der Waals surface area contributed by atoms with Crippen LogP contribution in [0.3, 0.4) is 0 Å². The first-order valence-electron chi connectivity index (χ1n) is 5.52. The van der Waals surface area contributed by atoms with Crippen molar-refractivity contribution in [1.29, 1.82) is 0 Å². The van der Waals surface area contributed by atoms with E-state index >= 15 is 0 Å². The fraction of sp³-hybridized carbons (Fsp3) is 0.636. The molecule has 94 valence electrons. The molecule has 0 amide bonds. The molecule has 0 saturated carbocycles. The van der Waals surface area contributed by atoms with Crippen LogP contribution in [0.1, 0.15) is 17.9 Å². The number of aliphatic hydroxyl groups is 1. The second kappa shape index (κ2) is 4.85. The van der Waals surface area contributed by atoms with Crippen LogP contribution in [0.25, 0.3) is 0 Å². The van der Waals surface area contributed by atoms with Crippen molar-refractivity contribution in [2.24, 2.45) is 0 Å². The second-order valence-corrected chi connectivity index (χ2v) is 4.29. The number of rotatable bonds is 3. The summed E-state index contributed by atoms with van der Waals surface area (Å²) in [5.41, 5.74) is 0.755. The van der Waals surface area contributed by atoms with Crippen LogP contribution in [0.4, 0.5) is 0 Å². The summed E-state index contributed by atoms with van der Waals surface area (Å²) in [6.45, 7) is 2.74. The van der Waals surface area contributed by atoms with Crippen LogP contribution in [0.2, 0.25) is 0 Å². The van der Waals surface area contributed by atoms with Gasteiger partial charge in [-0.25, -0.2) is 0 Å². The zero-order valence-corrected chi connectivity index (χ0v) is 9.92. The highest BCUT2D eigenvalue weighted by Gasteiger charge is 2.36. The Morgan fingerprint density at radius 1 is 1.76 bits per heavy atom. The lowest BCUT2D eigenvalue weighted by atomic mass is 10.2. The maximum Gasteiger partial charge on any atom is 0.323 e. The Morgan fingerprint density at radius 2 is 2.53 bits per heavy atom. The molecule has 0 bridgehead atoms. The molecule has 0 aliphatic carbocycles. The number of hydrogen-bond acceptors (Lipinski definition) is 6. The molecule has 2 atom stereocenters. The third-order valence-corrected chi connectivity index (χ3v) is 2.90. The zero-order valence-electron chi connectivity index (χ0n) is 9.92. The molecule has 0 radical (unpaired) electrons. The Balaban J connectivity index is 2.05. The molecule has 1 aromatic heterocycles. The Bertz CT molecular complexity index is 404. The molecule has 1 fully saturated rings. The van der Waals surface area contributed by atoms with Gasteiger partial charge in [-0.05, 0) is 6.92 Å². The van der Waals surface area contributed by atoms with Crippen molar-refractivity contribution in [2.75, 3.05) is 13.7 Å². The quantitative estimate of drug-likeness (QED) is 0.755. The van der Waals surface area contributed by atoms with Crippen molar-refractivity contribution in [3.05, 3.63) is 17.5 Å². The fourth-order valence-corrected chi connectivity index (χ4v) is 2.14. The van der Waals surface area contributed by atoms with E-state index in [0.717, 1.165) is 11.5 Å². The molecule has 1 N–H and O–H groups in total. The average Bonchev–Trinajstić information content (AvgIpc) is 2.85. The molecule has 0 spiro atoms. The maximum atomic E-state index is 11.5. The number of β-amino-alcohol motifs (C(OH)–C–C–N with tert-alkyl or cyclic N) is 1. The number of carbonyl (C=O) groups excluding carboxylic acids is 1. The number of carbonyl (C=O) groups is 1. The van der Waals surface area contributed by atoms with Crippen molar-refractivity contribution in [3.63, 3.8) is 0 Å². The van der Waals surface area contributed by atoms with Crippen molar-refractivity contribution in [3.8, 4) is 0 Å². The summed E-state index contributed by atoms with van der Waals surface area (Å²) in [7, 11) is 1.35. The Kier molecular flexibility index (Phi) is 3.44. The molecule has 0 unspecified atom stereocenters. The van der Waals surface area contributed by atoms with Gasteiger partial charge in [0.2, 0.25) is 0 Å². The first-order chi connectivity index (χ1) is 8.10. The van der Waals surface area contributed by atoms with Crippen LogP contribution in [0.5, 0.6) is 0 Å². The predicted octanol–water partition coefficient (Wildman–Crippen LogP) is 0.0912. The summed E-state index contributed by atoms with van der Waals surface area (Å²) >= 11 is 0. The molecular weight excluding hydrogens is 224 g/mol. The van der Waals surface area contributed by atoms with Crippen molar-refractivity contribution < 1.29 is 19.2 Å². The number of hydrogen-bond donors (Lipinski definition) is 1. The highest BCUT2D eigenvalue weighted by Crippen LogP contribution is 2.21. The van der Waals surface area contributed by atoms with Crippen LogP contribution in [0.15, 0.2) is 10.6 Å². The lowest BCUT2D eigenvalue weighted by Gasteiger charge is -2.20. The van der Waals surface area contributed by atoms with Crippen LogP contribution in [-0.4, -0.2) is 46.9 Å². The summed E-state index contributed by atoms with van der Waals surface area (Å²) in [4.78, 5) is 13.4. The Morgan fingerprint density at radius 3 is 3.12 bits per heavy atom. The van der Waals surface area contributed by atoms with Gasteiger partial charge in [0, 0.05) is 25.6 Å². The van der Waals surface area contributed by atoms with Gasteiger partial charge in [-0.15, -0.1) is 0 Å². The van der Waals surface area contributed by atoms with Gasteiger partial charge in [0.25, 0.3) is 0 Å². The van der Waals surface area contributed by atoms with Gasteiger partial charge < -0.3 is 14.4 Å². The van der Waals surface area contributed by atoms with Gasteiger partial charge in [-0.1, -0.05) is 5.16 Å². The standard InChI is InChI=1S/C11H16N2O4/c1-7-3-8(12-17-7)5-13-6-9(14)4-10(13)11(15)16-2/h3,9-10,14H,4-6H2,1-2H3/t9-,10+/m0/s1. The Hall–Kier alpha value is -1.40. The number of methoxy groups -OCH3 is 1. The minimum atomic E-state index is -0.493. The van der Waals surface area contributed by atoms with E-state index in [1.54, 1.807) is 0 Å². The van der Waals surface area contributed by atoms with Crippen LogP contribution in [0, 0.1) is 6.92 Å². The number of aromatic nitrogens is 1. The summed E-state index contributed by atoms with van der Waals surface area (Å²) in [6.07, 6.45) is -0.0872. The van der Waals surface area contributed by atoms with Gasteiger partial charge in [0.05, 0.1) is 18.9 Å². The predicted molar refractivity (Wildman–Crippen MR) is 58.1 cm³/mol. The molecule has 1 saturated heterocycles. The highest BCUT2D eigenvalue weighted by molar-refractivity contribution is 5.76. The van der Waals surface area contributed by atoms with E-state index in [2.05, 4.69) is 5.16 Å². The molecule has 6 nitrogen and oxygen atoms in total. The maximum absolute atomic E-state index is 11.5. The summed E-state index contributed by atoms with van der Waals surface area (Å²) in [5.74, 6) is 0.413. The molecule has 6 heteroatoms. The van der Waals surface area contributed by atoms with Crippen LogP contribution in [-0.2, 0) is 16.1 Å². The van der Waals surface area contributed by atoms with Crippen molar-refractivity contribution in [2.45, 2.75) is 32.0 Å². The van der Waals surface area contributed by atoms with E-state index < -0.39 is 12.1 Å². The first kappa shape index (κ1) is 12.1. The van der Waals surface area contributed by atoms with Gasteiger partial charge in [0.1, 0.15) is 11.8 Å².